The predicted molar refractivity (Wildman–Crippen MR) is 126 cm³/mol. The van der Waals surface area contributed by atoms with E-state index in [1.54, 1.807) is 36.3 Å². The van der Waals surface area contributed by atoms with E-state index in [-0.39, 0.29) is 12.3 Å². The number of aromatic nitrogens is 2. The van der Waals surface area contributed by atoms with Crippen LogP contribution in [-0.2, 0) is 6.61 Å². The Kier molecular flexibility index (Phi) is 6.41. The highest BCUT2D eigenvalue weighted by atomic mass is 35.5. The molecule has 3 aromatic rings. The normalized spacial score (nSPS) is 12.8. The Morgan fingerprint density at radius 3 is 2.77 bits per heavy atom. The number of hydrogen-bond acceptors (Lipinski definition) is 8. The molecule has 0 radical (unpaired) electrons. The predicted octanol–water partition coefficient (Wildman–Crippen LogP) is 4.84. The van der Waals surface area contributed by atoms with Gasteiger partial charge < -0.3 is 19.5 Å². The summed E-state index contributed by atoms with van der Waals surface area (Å²) in [6.45, 7) is 1.49. The molecular weight excluding hydrogens is 457 g/mol. The van der Waals surface area contributed by atoms with Crippen molar-refractivity contribution in [3.8, 4) is 11.6 Å². The van der Waals surface area contributed by atoms with E-state index in [9.17, 15) is 0 Å². The van der Waals surface area contributed by atoms with Crippen molar-refractivity contribution < 1.29 is 9.47 Å². The molecule has 3 N–H and O–H groups in total. The lowest BCUT2D eigenvalue weighted by atomic mass is 10.0. The first kappa shape index (κ1) is 21.5. The van der Waals surface area contributed by atoms with E-state index in [4.69, 9.17) is 43.8 Å². The lowest BCUT2D eigenvalue weighted by Gasteiger charge is -2.28. The summed E-state index contributed by atoms with van der Waals surface area (Å²) in [6, 6.07) is 7.06. The van der Waals surface area contributed by atoms with Crippen LogP contribution in [0, 0.1) is 5.41 Å². The van der Waals surface area contributed by atoms with Gasteiger partial charge >= 0.3 is 0 Å². The van der Waals surface area contributed by atoms with E-state index < -0.39 is 0 Å². The minimum absolute atomic E-state index is 0.164. The fourth-order valence-electron chi connectivity index (χ4n) is 3.13. The number of fused-ring (bicyclic) bond motifs is 1. The summed E-state index contributed by atoms with van der Waals surface area (Å²) in [4.78, 5) is 8.33. The first-order valence-corrected chi connectivity index (χ1v) is 11.3. The molecule has 10 heteroatoms. The number of anilines is 2. The summed E-state index contributed by atoms with van der Waals surface area (Å²) in [5, 5.41) is 9.58. The van der Waals surface area contributed by atoms with Gasteiger partial charge in [0.25, 0.3) is 0 Å². The Morgan fingerprint density at radius 1 is 1.26 bits per heavy atom. The van der Waals surface area contributed by atoms with Gasteiger partial charge in [0, 0.05) is 47.2 Å². The molecule has 1 aliphatic rings. The van der Waals surface area contributed by atoms with Crippen LogP contribution in [0.25, 0.3) is 0 Å². The molecule has 7 nitrogen and oxygen atoms in total. The number of nitrogens with two attached hydrogens (primary N) is 1. The van der Waals surface area contributed by atoms with Gasteiger partial charge in [-0.2, -0.15) is 0 Å². The van der Waals surface area contributed by atoms with Crippen LogP contribution in [-0.4, -0.2) is 35.1 Å². The molecule has 2 aromatic heterocycles. The standard InChI is InChI=1S/C21H19Cl2N5O2S/c1-31-28-4-5-29-21-19(28)6-12(8-27-21)20(25)14-7-13(2-3-18(14)24)30-11-15-16(22)9-26-10-17(15)23/h2-3,6-10,25H,4-5,11,24H2,1H3. The first-order chi connectivity index (χ1) is 15.0. The fourth-order valence-corrected chi connectivity index (χ4v) is 4.19. The van der Waals surface area contributed by atoms with Gasteiger partial charge in [0.05, 0.1) is 22.3 Å². The minimum atomic E-state index is 0.164. The van der Waals surface area contributed by atoms with E-state index in [0.717, 1.165) is 12.2 Å². The molecule has 160 valence electrons. The van der Waals surface area contributed by atoms with Crippen molar-refractivity contribution in [1.82, 2.24) is 9.97 Å². The molecule has 1 aromatic carbocycles. The van der Waals surface area contributed by atoms with Gasteiger partial charge in [-0.15, -0.1) is 0 Å². The Labute approximate surface area is 194 Å². The minimum Gasteiger partial charge on any atom is -0.489 e. The number of halogens is 2. The van der Waals surface area contributed by atoms with Gasteiger partial charge in [-0.1, -0.05) is 35.1 Å². The van der Waals surface area contributed by atoms with Crippen LogP contribution in [0.5, 0.6) is 11.6 Å². The quantitative estimate of drug-likeness (QED) is 0.299. The molecule has 31 heavy (non-hydrogen) atoms. The lowest BCUT2D eigenvalue weighted by Crippen LogP contribution is -2.27. The molecular formula is C21H19Cl2N5O2S. The number of pyridine rings is 2. The molecule has 0 bridgehead atoms. The number of rotatable bonds is 6. The molecule has 0 spiro atoms. The Morgan fingerprint density at radius 2 is 2.03 bits per heavy atom. The fraction of sp³-hybridized carbons (Fsp3) is 0.190. The highest BCUT2D eigenvalue weighted by molar-refractivity contribution is 8.00. The number of ether oxygens (including phenoxy) is 2. The number of nitrogens with one attached hydrogen (secondary N) is 1. The summed E-state index contributed by atoms with van der Waals surface area (Å²) in [6.07, 6.45) is 6.64. The van der Waals surface area contributed by atoms with Crippen LogP contribution in [0.15, 0.2) is 42.9 Å². The molecule has 0 saturated carbocycles. The van der Waals surface area contributed by atoms with Crippen molar-refractivity contribution in [3.63, 3.8) is 0 Å². The van der Waals surface area contributed by atoms with Crippen molar-refractivity contribution in [3.05, 3.63) is 69.6 Å². The van der Waals surface area contributed by atoms with Gasteiger partial charge in [-0.3, -0.25) is 10.4 Å². The van der Waals surface area contributed by atoms with Crippen LogP contribution in [0.4, 0.5) is 11.4 Å². The van der Waals surface area contributed by atoms with Gasteiger partial charge in [0.15, 0.2) is 0 Å². The highest BCUT2D eigenvalue weighted by Gasteiger charge is 2.21. The maximum absolute atomic E-state index is 8.72. The van der Waals surface area contributed by atoms with E-state index in [2.05, 4.69) is 14.3 Å². The van der Waals surface area contributed by atoms with Crippen molar-refractivity contribution >= 4 is 52.2 Å². The number of benzene rings is 1. The molecule has 3 heterocycles. The molecule has 0 fully saturated rings. The van der Waals surface area contributed by atoms with E-state index in [1.165, 1.54) is 12.4 Å². The summed E-state index contributed by atoms with van der Waals surface area (Å²) in [5.41, 5.74) is 9.53. The van der Waals surface area contributed by atoms with E-state index in [1.807, 2.05) is 12.3 Å². The lowest BCUT2D eigenvalue weighted by molar-refractivity contribution is 0.305. The smallest absolute Gasteiger partial charge is 0.238 e. The third-order valence-corrected chi connectivity index (χ3v) is 6.24. The largest absolute Gasteiger partial charge is 0.489 e. The van der Waals surface area contributed by atoms with Crippen molar-refractivity contribution in [1.29, 1.82) is 5.41 Å². The SMILES string of the molecule is CSN1CCOc2ncc(C(=N)c3cc(OCc4c(Cl)cncc4Cl)ccc3N)cc21. The number of hydrogen-bond donors (Lipinski definition) is 2. The van der Waals surface area contributed by atoms with Crippen LogP contribution >= 0.6 is 35.1 Å². The van der Waals surface area contributed by atoms with Gasteiger partial charge in [0.2, 0.25) is 5.88 Å². The molecule has 4 rings (SSSR count). The van der Waals surface area contributed by atoms with Crippen LogP contribution < -0.4 is 19.5 Å². The summed E-state index contributed by atoms with van der Waals surface area (Å²) in [7, 11) is 0. The Bertz CT molecular complexity index is 1120. The second-order valence-corrected chi connectivity index (χ2v) is 8.30. The third-order valence-electron chi connectivity index (χ3n) is 4.77. The first-order valence-electron chi connectivity index (χ1n) is 9.32. The molecule has 1 aliphatic heterocycles. The average Bonchev–Trinajstić information content (AvgIpc) is 2.78. The zero-order chi connectivity index (χ0) is 22.0. The van der Waals surface area contributed by atoms with Crippen LogP contribution in [0.2, 0.25) is 10.0 Å². The summed E-state index contributed by atoms with van der Waals surface area (Å²) < 4.78 is 13.6. The summed E-state index contributed by atoms with van der Waals surface area (Å²) >= 11 is 13.9. The maximum Gasteiger partial charge on any atom is 0.238 e. The Hall–Kier alpha value is -2.68. The van der Waals surface area contributed by atoms with Gasteiger partial charge in [-0.05, 0) is 24.3 Å². The van der Waals surface area contributed by atoms with E-state index in [0.29, 0.717) is 50.7 Å². The van der Waals surface area contributed by atoms with E-state index >= 15 is 0 Å². The molecule has 0 unspecified atom stereocenters. The van der Waals surface area contributed by atoms with Gasteiger partial charge in [0.1, 0.15) is 24.7 Å². The zero-order valence-electron chi connectivity index (χ0n) is 16.6. The topological polar surface area (TPSA) is 97.3 Å². The Balaban J connectivity index is 1.59. The number of nitrogen functional groups attached to an aromatic ring is 1. The molecule has 0 saturated heterocycles. The maximum atomic E-state index is 8.72. The second kappa shape index (κ2) is 9.21. The van der Waals surface area contributed by atoms with Crippen LogP contribution in [0.3, 0.4) is 0 Å². The van der Waals surface area contributed by atoms with Gasteiger partial charge in [-0.25, -0.2) is 4.98 Å². The van der Waals surface area contributed by atoms with Crippen molar-refractivity contribution in [2.75, 3.05) is 29.4 Å². The molecule has 0 amide bonds. The van der Waals surface area contributed by atoms with Crippen molar-refractivity contribution in [2.24, 2.45) is 0 Å². The third kappa shape index (κ3) is 4.51. The summed E-state index contributed by atoms with van der Waals surface area (Å²) in [5.74, 6) is 1.10. The number of nitrogens with zero attached hydrogens (tertiary/aromatic N) is 3. The average molecular weight is 476 g/mol. The van der Waals surface area contributed by atoms with Crippen LogP contribution in [0.1, 0.15) is 16.7 Å². The molecule has 0 aliphatic carbocycles. The monoisotopic (exact) mass is 475 g/mol. The zero-order valence-corrected chi connectivity index (χ0v) is 18.9. The van der Waals surface area contributed by atoms with Crippen molar-refractivity contribution in [2.45, 2.75) is 6.61 Å². The highest BCUT2D eigenvalue weighted by Crippen LogP contribution is 2.34. The second-order valence-electron chi connectivity index (χ2n) is 6.68. The molecule has 0 atom stereocenters.